The number of alkyl halides is 3. The lowest BCUT2D eigenvalue weighted by molar-refractivity contribution is -0.138. The van der Waals surface area contributed by atoms with Crippen LogP contribution in [0.2, 0.25) is 0 Å². The fourth-order valence-corrected chi connectivity index (χ4v) is 5.49. The predicted octanol–water partition coefficient (Wildman–Crippen LogP) is 6.86. The topological polar surface area (TPSA) is 89.2 Å². The summed E-state index contributed by atoms with van der Waals surface area (Å²) in [5.74, 6) is -0.254. The number of halogens is 3. The normalized spacial score (nSPS) is 12.5. The van der Waals surface area contributed by atoms with E-state index >= 15 is 0 Å². The Morgan fingerprint density at radius 3 is 2.38 bits per heavy atom. The van der Waals surface area contributed by atoms with E-state index in [-0.39, 0.29) is 42.0 Å². The van der Waals surface area contributed by atoms with Crippen LogP contribution in [0.5, 0.6) is 0 Å². The summed E-state index contributed by atoms with van der Waals surface area (Å²) in [4.78, 5) is 21.4. The fourth-order valence-electron chi connectivity index (χ4n) is 5.24. The Labute approximate surface area is 285 Å². The number of anilines is 2. The van der Waals surface area contributed by atoms with Gasteiger partial charge < -0.3 is 25.0 Å². The first-order valence-electron chi connectivity index (χ1n) is 15.6. The zero-order chi connectivity index (χ0) is 34.8. The number of carbonyl (C=O) groups is 1. The molecule has 2 unspecified atom stereocenters. The molecular weight excluding hydrogens is 636 g/mol. The zero-order valence-corrected chi connectivity index (χ0v) is 28.3. The molecule has 3 aromatic carbocycles. The maximum atomic E-state index is 14.0. The fraction of sp³-hybridized carbons (Fsp3) is 0.333. The van der Waals surface area contributed by atoms with Crippen LogP contribution in [0.25, 0.3) is 0 Å². The van der Waals surface area contributed by atoms with Crippen LogP contribution < -0.4 is 15.5 Å². The van der Waals surface area contributed by atoms with E-state index in [1.54, 1.807) is 35.6 Å². The van der Waals surface area contributed by atoms with Crippen LogP contribution in [-0.2, 0) is 30.5 Å². The molecule has 12 heteroatoms. The minimum absolute atomic E-state index is 0.0138. The Balaban J connectivity index is 1.55. The summed E-state index contributed by atoms with van der Waals surface area (Å²) in [5.41, 5.74) is 3.26. The number of amides is 1. The van der Waals surface area contributed by atoms with Crippen molar-refractivity contribution in [3.8, 4) is 6.07 Å². The number of hydrogen-bond acceptors (Lipinski definition) is 5. The van der Waals surface area contributed by atoms with Crippen molar-refractivity contribution in [2.24, 2.45) is 5.92 Å². The van der Waals surface area contributed by atoms with Gasteiger partial charge in [-0.25, -0.2) is 4.98 Å². The third-order valence-corrected chi connectivity index (χ3v) is 8.64. The Morgan fingerprint density at radius 2 is 1.75 bits per heavy atom. The lowest BCUT2D eigenvalue weighted by Crippen LogP contribution is -2.50. The van der Waals surface area contributed by atoms with E-state index in [2.05, 4.69) is 21.7 Å². The molecule has 48 heavy (non-hydrogen) atoms. The van der Waals surface area contributed by atoms with Crippen molar-refractivity contribution < 1.29 is 18.0 Å². The molecule has 0 saturated heterocycles. The second kappa shape index (κ2) is 16.3. The first-order chi connectivity index (χ1) is 22.9. The predicted molar refractivity (Wildman–Crippen MR) is 186 cm³/mol. The minimum Gasteiger partial charge on any atom is -0.378 e. The standard InChI is InChI=1S/C36H40F3N7OS/c1-5-25(2)33(43-34(47)18-31-20-41-24-46(31)21-27-12-10-26(19-40)11-13-27)23-45(22-28-8-6-7-9-32(28)36(37,38)39)35(48)42-29-14-16-30(17-15-29)44(3)4/h6-17,20,24-25,33H,5,18,21-23H2,1-4H3,(H,42,48)(H,43,47). The van der Waals surface area contributed by atoms with Crippen LogP contribution in [-0.4, -0.2) is 52.2 Å². The molecule has 4 aromatic rings. The third kappa shape index (κ3) is 9.81. The van der Waals surface area contributed by atoms with Crippen LogP contribution in [0.15, 0.2) is 85.3 Å². The quantitative estimate of drug-likeness (QED) is 0.150. The molecule has 2 atom stereocenters. The number of rotatable bonds is 13. The van der Waals surface area contributed by atoms with Crippen molar-refractivity contribution in [3.05, 3.63) is 113 Å². The highest BCUT2D eigenvalue weighted by Crippen LogP contribution is 2.32. The maximum absolute atomic E-state index is 14.0. The maximum Gasteiger partial charge on any atom is 0.416 e. The SMILES string of the molecule is CCC(C)C(CN(Cc1ccccc1C(F)(F)F)C(=S)Nc1ccc(N(C)C)cc1)NC(=O)Cc1cncn1Cc1ccc(C#N)cc1. The van der Waals surface area contributed by atoms with Crippen LogP contribution in [0.3, 0.4) is 0 Å². The van der Waals surface area contributed by atoms with Crippen molar-refractivity contribution in [2.45, 2.75) is 52.0 Å². The zero-order valence-electron chi connectivity index (χ0n) is 27.5. The Hall–Kier alpha value is -4.89. The van der Waals surface area contributed by atoms with E-state index in [0.717, 1.165) is 23.7 Å². The molecule has 2 N–H and O–H groups in total. The molecule has 8 nitrogen and oxygen atoms in total. The molecular formula is C36H40F3N7OS. The number of hydrogen-bond donors (Lipinski definition) is 2. The number of nitrogens with one attached hydrogen (secondary N) is 2. The van der Waals surface area contributed by atoms with Crippen LogP contribution in [0.4, 0.5) is 24.5 Å². The van der Waals surface area contributed by atoms with E-state index in [1.807, 2.05) is 73.8 Å². The average Bonchev–Trinajstić information content (AvgIpc) is 3.49. The average molecular weight is 676 g/mol. The van der Waals surface area contributed by atoms with E-state index in [0.29, 0.717) is 23.5 Å². The molecule has 1 amide bonds. The van der Waals surface area contributed by atoms with Gasteiger partial charge in [-0.1, -0.05) is 50.6 Å². The number of imidazole rings is 1. The van der Waals surface area contributed by atoms with Gasteiger partial charge >= 0.3 is 6.18 Å². The number of thiocarbonyl (C=S) groups is 1. The molecule has 252 valence electrons. The van der Waals surface area contributed by atoms with Crippen LogP contribution in [0.1, 0.15) is 48.2 Å². The molecule has 4 rings (SSSR count). The van der Waals surface area contributed by atoms with Gasteiger partial charge in [0, 0.05) is 63.0 Å². The number of carbonyl (C=O) groups excluding carboxylic acids is 1. The lowest BCUT2D eigenvalue weighted by atomic mass is 9.97. The van der Waals surface area contributed by atoms with Gasteiger partial charge in [0.2, 0.25) is 5.91 Å². The van der Waals surface area contributed by atoms with Gasteiger partial charge in [-0.05, 0) is 71.7 Å². The molecule has 0 aliphatic heterocycles. The highest BCUT2D eigenvalue weighted by molar-refractivity contribution is 7.80. The second-order valence-electron chi connectivity index (χ2n) is 12.0. The molecule has 0 aliphatic rings. The van der Waals surface area contributed by atoms with Crippen molar-refractivity contribution in [2.75, 3.05) is 30.9 Å². The summed E-state index contributed by atoms with van der Waals surface area (Å²) in [5, 5.41) is 15.7. The van der Waals surface area contributed by atoms with E-state index < -0.39 is 17.8 Å². The number of nitrogens with zero attached hydrogens (tertiary/aromatic N) is 5. The first-order valence-corrected chi connectivity index (χ1v) is 16.0. The molecule has 1 heterocycles. The van der Waals surface area contributed by atoms with Gasteiger partial charge in [0.15, 0.2) is 5.11 Å². The van der Waals surface area contributed by atoms with Crippen molar-refractivity contribution in [1.29, 1.82) is 5.26 Å². The smallest absolute Gasteiger partial charge is 0.378 e. The molecule has 0 saturated carbocycles. The summed E-state index contributed by atoms with van der Waals surface area (Å²) in [6, 6.07) is 21.9. The summed E-state index contributed by atoms with van der Waals surface area (Å²) in [6.45, 7) is 4.54. The number of benzene rings is 3. The van der Waals surface area contributed by atoms with Gasteiger partial charge in [-0.2, -0.15) is 18.4 Å². The summed E-state index contributed by atoms with van der Waals surface area (Å²) < 4.78 is 43.9. The van der Waals surface area contributed by atoms with E-state index in [9.17, 15) is 18.0 Å². The van der Waals surface area contributed by atoms with Gasteiger partial charge in [0.25, 0.3) is 0 Å². The Bertz CT molecular complexity index is 1710. The molecule has 0 radical (unpaired) electrons. The summed E-state index contributed by atoms with van der Waals surface area (Å²) >= 11 is 5.80. The monoisotopic (exact) mass is 675 g/mol. The summed E-state index contributed by atoms with van der Waals surface area (Å²) in [7, 11) is 3.86. The largest absolute Gasteiger partial charge is 0.416 e. The molecule has 0 aliphatic carbocycles. The molecule has 0 spiro atoms. The molecule has 1 aromatic heterocycles. The van der Waals surface area contributed by atoms with Gasteiger partial charge in [0.1, 0.15) is 0 Å². The molecule has 0 fully saturated rings. The minimum atomic E-state index is -4.54. The van der Waals surface area contributed by atoms with Crippen molar-refractivity contribution >= 4 is 34.6 Å². The highest BCUT2D eigenvalue weighted by Gasteiger charge is 2.34. The number of nitriles is 1. The third-order valence-electron chi connectivity index (χ3n) is 8.28. The first kappa shape index (κ1) is 36.0. The summed E-state index contributed by atoms with van der Waals surface area (Å²) in [6.07, 6.45) is -0.462. The Kier molecular flexibility index (Phi) is 12.2. The van der Waals surface area contributed by atoms with Gasteiger partial charge in [-0.15, -0.1) is 0 Å². The van der Waals surface area contributed by atoms with Crippen molar-refractivity contribution in [1.82, 2.24) is 19.8 Å². The van der Waals surface area contributed by atoms with Crippen molar-refractivity contribution in [3.63, 3.8) is 0 Å². The number of aromatic nitrogens is 2. The van der Waals surface area contributed by atoms with E-state index in [1.165, 1.54) is 12.1 Å². The van der Waals surface area contributed by atoms with Gasteiger partial charge in [-0.3, -0.25) is 4.79 Å². The highest BCUT2D eigenvalue weighted by atomic mass is 32.1. The lowest BCUT2D eigenvalue weighted by Gasteiger charge is -2.34. The van der Waals surface area contributed by atoms with Crippen LogP contribution >= 0.6 is 12.2 Å². The van der Waals surface area contributed by atoms with Crippen LogP contribution in [0, 0.1) is 17.2 Å². The molecule has 0 bridgehead atoms. The second-order valence-corrected chi connectivity index (χ2v) is 12.4. The van der Waals surface area contributed by atoms with E-state index in [4.69, 9.17) is 17.5 Å². The Morgan fingerprint density at radius 1 is 1.06 bits per heavy atom. The van der Waals surface area contributed by atoms with Gasteiger partial charge in [0.05, 0.1) is 29.9 Å².